The van der Waals surface area contributed by atoms with Crippen LogP contribution in [-0.2, 0) is 0 Å². The van der Waals surface area contributed by atoms with Crippen LogP contribution in [-0.4, -0.2) is 12.4 Å². The van der Waals surface area contributed by atoms with Crippen molar-refractivity contribution in [3.8, 4) is 5.75 Å². The third-order valence-corrected chi connectivity index (χ3v) is 2.59. The summed E-state index contributed by atoms with van der Waals surface area (Å²) in [6, 6.07) is 2.65. The molecule has 1 aromatic rings. The van der Waals surface area contributed by atoms with E-state index in [2.05, 4.69) is 15.9 Å². The van der Waals surface area contributed by atoms with Crippen molar-refractivity contribution in [2.75, 3.05) is 6.61 Å². The monoisotopic (exact) mass is 292 g/mol. The Bertz CT molecular complexity index is 405. The summed E-state index contributed by atoms with van der Waals surface area (Å²) in [5, 5.41) is 0. The molecular formula is C11H11BrF2O2. The van der Waals surface area contributed by atoms with E-state index in [4.69, 9.17) is 4.74 Å². The van der Waals surface area contributed by atoms with Crippen LogP contribution in [0.5, 0.6) is 5.75 Å². The number of ketones is 1. The third-order valence-electron chi connectivity index (χ3n) is 2.00. The van der Waals surface area contributed by atoms with Crippen molar-refractivity contribution in [1.29, 1.82) is 0 Å². The van der Waals surface area contributed by atoms with Gasteiger partial charge in [-0.1, -0.05) is 0 Å². The van der Waals surface area contributed by atoms with E-state index in [1.54, 1.807) is 6.92 Å². The second-order valence-corrected chi connectivity index (χ2v) is 4.02. The Balaban J connectivity index is 3.33. The SMILES string of the molecule is CCOc1c(Br)cc(C(C)=O)cc1C(F)F. The van der Waals surface area contributed by atoms with Gasteiger partial charge in [0.05, 0.1) is 16.6 Å². The van der Waals surface area contributed by atoms with Crippen molar-refractivity contribution in [1.82, 2.24) is 0 Å². The molecule has 1 aromatic carbocycles. The molecule has 0 saturated heterocycles. The summed E-state index contributed by atoms with van der Waals surface area (Å²) in [5.41, 5.74) is -0.0212. The minimum Gasteiger partial charge on any atom is -0.492 e. The number of rotatable bonds is 4. The van der Waals surface area contributed by atoms with Crippen molar-refractivity contribution in [2.45, 2.75) is 20.3 Å². The number of hydrogen-bond acceptors (Lipinski definition) is 2. The molecule has 16 heavy (non-hydrogen) atoms. The zero-order valence-corrected chi connectivity index (χ0v) is 10.5. The maximum Gasteiger partial charge on any atom is 0.267 e. The lowest BCUT2D eigenvalue weighted by atomic mass is 10.1. The fourth-order valence-corrected chi connectivity index (χ4v) is 1.87. The minimum absolute atomic E-state index is 0.0995. The normalized spacial score (nSPS) is 10.6. The molecule has 0 saturated carbocycles. The molecule has 0 heterocycles. The maximum atomic E-state index is 12.8. The molecule has 0 spiro atoms. The van der Waals surface area contributed by atoms with Gasteiger partial charge in [-0.15, -0.1) is 0 Å². The lowest BCUT2D eigenvalue weighted by Gasteiger charge is -2.12. The van der Waals surface area contributed by atoms with E-state index in [1.165, 1.54) is 19.1 Å². The van der Waals surface area contributed by atoms with Crippen LogP contribution >= 0.6 is 15.9 Å². The molecule has 0 aliphatic rings. The Labute approximate surface area is 101 Å². The van der Waals surface area contributed by atoms with Gasteiger partial charge in [0, 0.05) is 5.56 Å². The van der Waals surface area contributed by atoms with Gasteiger partial charge in [0.15, 0.2) is 5.78 Å². The van der Waals surface area contributed by atoms with Gasteiger partial charge >= 0.3 is 0 Å². The molecule has 0 radical (unpaired) electrons. The first-order valence-corrected chi connectivity index (χ1v) is 5.52. The largest absolute Gasteiger partial charge is 0.492 e. The molecule has 2 nitrogen and oxygen atoms in total. The molecule has 88 valence electrons. The summed E-state index contributed by atoms with van der Waals surface area (Å²) in [4.78, 5) is 11.1. The number of carbonyl (C=O) groups excluding carboxylic acids is 1. The molecule has 0 aromatic heterocycles. The number of halogens is 3. The van der Waals surface area contributed by atoms with E-state index in [0.717, 1.165) is 0 Å². The highest BCUT2D eigenvalue weighted by Crippen LogP contribution is 2.36. The molecule has 0 atom stereocenters. The van der Waals surface area contributed by atoms with E-state index in [1.807, 2.05) is 0 Å². The van der Waals surface area contributed by atoms with Gasteiger partial charge < -0.3 is 4.74 Å². The van der Waals surface area contributed by atoms with Crippen LogP contribution in [0.2, 0.25) is 0 Å². The van der Waals surface area contributed by atoms with Crippen molar-refractivity contribution < 1.29 is 18.3 Å². The van der Waals surface area contributed by atoms with Gasteiger partial charge in [0.1, 0.15) is 5.75 Å². The van der Waals surface area contributed by atoms with Crippen LogP contribution in [0.4, 0.5) is 8.78 Å². The van der Waals surface area contributed by atoms with Crippen LogP contribution in [0.1, 0.15) is 36.2 Å². The molecular weight excluding hydrogens is 282 g/mol. The topological polar surface area (TPSA) is 26.3 Å². The number of ether oxygens (including phenoxy) is 1. The van der Waals surface area contributed by atoms with Crippen LogP contribution in [0.3, 0.4) is 0 Å². The molecule has 0 aliphatic carbocycles. The van der Waals surface area contributed by atoms with Crippen molar-refractivity contribution >= 4 is 21.7 Å². The summed E-state index contributed by atoms with van der Waals surface area (Å²) in [6.07, 6.45) is -2.67. The predicted molar refractivity (Wildman–Crippen MR) is 60.3 cm³/mol. The summed E-state index contributed by atoms with van der Waals surface area (Å²) < 4.78 is 31.0. The summed E-state index contributed by atoms with van der Waals surface area (Å²) in [5.74, 6) is -0.159. The Kier molecular flexibility index (Phi) is 4.41. The van der Waals surface area contributed by atoms with Gasteiger partial charge in [-0.25, -0.2) is 8.78 Å². The maximum absolute atomic E-state index is 12.8. The molecule has 0 N–H and O–H groups in total. The lowest BCUT2D eigenvalue weighted by Crippen LogP contribution is -2.02. The van der Waals surface area contributed by atoms with E-state index in [-0.39, 0.29) is 29.3 Å². The molecule has 5 heteroatoms. The first-order chi connectivity index (χ1) is 7.47. The Hall–Kier alpha value is -0.970. The Morgan fingerprint density at radius 1 is 1.50 bits per heavy atom. The highest BCUT2D eigenvalue weighted by Gasteiger charge is 2.19. The van der Waals surface area contributed by atoms with E-state index in [0.29, 0.717) is 4.47 Å². The standard InChI is InChI=1S/C11H11BrF2O2/c1-3-16-10-8(11(13)14)4-7(6(2)15)5-9(10)12/h4-5,11H,3H2,1-2H3. The minimum atomic E-state index is -2.67. The molecule has 0 amide bonds. The zero-order valence-electron chi connectivity index (χ0n) is 8.89. The summed E-state index contributed by atoms with van der Waals surface area (Å²) in [6.45, 7) is 3.33. The molecule has 0 fully saturated rings. The number of hydrogen-bond donors (Lipinski definition) is 0. The van der Waals surface area contributed by atoms with Crippen molar-refractivity contribution in [3.63, 3.8) is 0 Å². The average Bonchev–Trinajstić information content (AvgIpc) is 2.20. The van der Waals surface area contributed by atoms with Gasteiger partial charge in [-0.05, 0) is 41.9 Å². The second-order valence-electron chi connectivity index (χ2n) is 3.17. The summed E-state index contributed by atoms with van der Waals surface area (Å²) in [7, 11) is 0. The first-order valence-electron chi connectivity index (χ1n) is 4.72. The van der Waals surface area contributed by atoms with Gasteiger partial charge in [0.2, 0.25) is 0 Å². The average molecular weight is 293 g/mol. The van der Waals surface area contributed by atoms with E-state index >= 15 is 0 Å². The Morgan fingerprint density at radius 3 is 2.56 bits per heavy atom. The highest BCUT2D eigenvalue weighted by atomic mass is 79.9. The quantitative estimate of drug-likeness (QED) is 0.785. The fraction of sp³-hybridized carbons (Fsp3) is 0.364. The van der Waals surface area contributed by atoms with E-state index in [9.17, 15) is 13.6 Å². The number of Topliss-reactive ketones (excluding diaryl/α,β-unsaturated/α-hetero) is 1. The summed E-state index contributed by atoms with van der Waals surface area (Å²) >= 11 is 3.13. The lowest BCUT2D eigenvalue weighted by molar-refractivity contribution is 0.101. The molecule has 0 unspecified atom stereocenters. The molecule has 0 bridgehead atoms. The van der Waals surface area contributed by atoms with Crippen molar-refractivity contribution in [2.24, 2.45) is 0 Å². The molecule has 1 rings (SSSR count). The van der Waals surface area contributed by atoms with Crippen LogP contribution in [0.25, 0.3) is 0 Å². The highest BCUT2D eigenvalue weighted by molar-refractivity contribution is 9.10. The van der Waals surface area contributed by atoms with Crippen LogP contribution < -0.4 is 4.74 Å². The first kappa shape index (κ1) is 13.1. The van der Waals surface area contributed by atoms with Gasteiger partial charge in [-0.3, -0.25) is 4.79 Å². The van der Waals surface area contributed by atoms with Crippen LogP contribution in [0.15, 0.2) is 16.6 Å². The second kappa shape index (κ2) is 5.39. The Morgan fingerprint density at radius 2 is 2.12 bits per heavy atom. The third kappa shape index (κ3) is 2.78. The smallest absolute Gasteiger partial charge is 0.267 e. The fourth-order valence-electron chi connectivity index (χ4n) is 1.28. The van der Waals surface area contributed by atoms with Gasteiger partial charge in [0.25, 0.3) is 6.43 Å². The number of alkyl halides is 2. The van der Waals surface area contributed by atoms with Crippen LogP contribution in [0, 0.1) is 0 Å². The molecule has 0 aliphatic heterocycles. The van der Waals surface area contributed by atoms with Gasteiger partial charge in [-0.2, -0.15) is 0 Å². The zero-order chi connectivity index (χ0) is 12.3. The number of carbonyl (C=O) groups is 1. The van der Waals surface area contributed by atoms with E-state index < -0.39 is 6.43 Å². The van der Waals surface area contributed by atoms with Crippen molar-refractivity contribution in [3.05, 3.63) is 27.7 Å². The number of benzene rings is 1. The predicted octanol–water partition coefficient (Wildman–Crippen LogP) is 3.99.